The van der Waals surface area contributed by atoms with E-state index in [0.29, 0.717) is 0 Å². The van der Waals surface area contributed by atoms with E-state index in [1.54, 1.807) is 0 Å². The van der Waals surface area contributed by atoms with Crippen molar-refractivity contribution in [2.24, 2.45) is 0 Å². The molecule has 0 unspecified atom stereocenters. The Labute approximate surface area is 265 Å². The fourth-order valence-corrected chi connectivity index (χ4v) is 1.59. The fraction of sp³-hybridized carbons (Fsp3) is 0.600. The van der Waals surface area contributed by atoms with Gasteiger partial charge in [-0.15, -0.1) is 0 Å². The average Bonchev–Trinajstić information content (AvgIpc) is 3.08. The van der Waals surface area contributed by atoms with Gasteiger partial charge in [0.05, 0.1) is 13.3 Å². The van der Waals surface area contributed by atoms with Gasteiger partial charge in [0.2, 0.25) is 0 Å². The molecule has 2 N–H and O–H groups in total. The summed E-state index contributed by atoms with van der Waals surface area (Å²) in [6.07, 6.45) is 8.40. The number of nitriles is 2. The maximum Gasteiger partial charge on any atom is 1.00 e. The van der Waals surface area contributed by atoms with Crippen molar-refractivity contribution in [1.29, 1.82) is 10.5 Å². The summed E-state index contributed by atoms with van der Waals surface area (Å²) in [4.78, 5) is 8.81. The van der Waals surface area contributed by atoms with Gasteiger partial charge in [-0.25, -0.2) is 0 Å². The monoisotopic (exact) mass is 469 g/mol. The molecule has 0 saturated carbocycles. The summed E-state index contributed by atoms with van der Waals surface area (Å²) in [5, 5.41) is 14.5. The predicted octanol–water partition coefficient (Wildman–Crippen LogP) is -11.2. The number of hydrogen-bond donors (Lipinski definition) is 0. The van der Waals surface area contributed by atoms with Gasteiger partial charge < -0.3 is 58.3 Å². The van der Waals surface area contributed by atoms with Crippen molar-refractivity contribution >= 4 is 8.41 Å². The van der Waals surface area contributed by atoms with Gasteiger partial charge in [-0.3, -0.25) is 0 Å². The summed E-state index contributed by atoms with van der Waals surface area (Å²) in [5.74, 6) is 0. The first kappa shape index (κ1) is 51.3. The number of halogens is 2. The zero-order chi connectivity index (χ0) is 15.4. The predicted molar refractivity (Wildman–Crippen MR) is 95.6 cm³/mol. The zero-order valence-electron chi connectivity index (χ0n) is 16.7. The van der Waals surface area contributed by atoms with E-state index in [-0.39, 0.29) is 149 Å². The minimum absolute atomic E-state index is 0. The van der Waals surface area contributed by atoms with Gasteiger partial charge in [-0.05, 0) is 13.8 Å². The molecule has 4 radical (unpaired) electrons. The Morgan fingerprint density at radius 2 is 1.04 bits per heavy atom. The van der Waals surface area contributed by atoms with E-state index >= 15 is 0 Å². The summed E-state index contributed by atoms with van der Waals surface area (Å²) in [6, 6.07) is 2.47. The standard InChI is InChI=1S/2C6H12N2.C2N2.CH4.B.2ClH.2K.H2O/c2*1-3-8-5-4-7(2)6-8;3-1-2-4;;;;;;;/h2*4-5H,3,6H2,1-2H3;;1H4;;2*1H;;;1H2/q;;;;-1;;;2*+1;/p-2. The van der Waals surface area contributed by atoms with Crippen molar-refractivity contribution in [3.05, 3.63) is 24.8 Å². The Bertz CT molecular complexity index is 384. The molecule has 0 bridgehead atoms. The van der Waals surface area contributed by atoms with Crippen LogP contribution in [0.25, 0.3) is 0 Å². The Morgan fingerprint density at radius 1 is 0.778 bits per heavy atom. The summed E-state index contributed by atoms with van der Waals surface area (Å²) < 4.78 is 0. The first-order chi connectivity index (χ1) is 9.57. The van der Waals surface area contributed by atoms with Crippen LogP contribution in [0.1, 0.15) is 21.3 Å². The summed E-state index contributed by atoms with van der Waals surface area (Å²) in [6.45, 7) is 8.64. The maximum atomic E-state index is 7.26. The van der Waals surface area contributed by atoms with Gasteiger partial charge in [-0.1, -0.05) is 7.43 Å². The molecule has 0 aromatic carbocycles. The third-order valence-corrected chi connectivity index (χ3v) is 2.74. The van der Waals surface area contributed by atoms with E-state index in [0.717, 1.165) is 26.4 Å². The van der Waals surface area contributed by atoms with Crippen LogP contribution < -0.4 is 128 Å². The topological polar surface area (TPSA) is 92.0 Å². The molecule has 0 atom stereocenters. The van der Waals surface area contributed by atoms with Gasteiger partial charge in [-0.2, -0.15) is 10.5 Å². The van der Waals surface area contributed by atoms with E-state index in [9.17, 15) is 0 Å². The average molecular weight is 470 g/mol. The second kappa shape index (κ2) is 35.0. The molecule has 7 nitrogen and oxygen atoms in total. The summed E-state index contributed by atoms with van der Waals surface area (Å²) >= 11 is 0. The second-order valence-corrected chi connectivity index (χ2v) is 4.43. The molecule has 0 aliphatic carbocycles. The Kier molecular flexibility index (Phi) is 66.5. The second-order valence-electron chi connectivity index (χ2n) is 4.43. The van der Waals surface area contributed by atoms with Crippen LogP contribution in [0.4, 0.5) is 0 Å². The minimum atomic E-state index is 0. The van der Waals surface area contributed by atoms with Crippen LogP contribution >= 0.6 is 0 Å². The first-order valence-corrected chi connectivity index (χ1v) is 6.60. The van der Waals surface area contributed by atoms with Gasteiger partial charge in [0.1, 0.15) is 0 Å². The maximum absolute atomic E-state index is 7.26. The van der Waals surface area contributed by atoms with Crippen molar-refractivity contribution in [3.63, 3.8) is 0 Å². The third-order valence-electron chi connectivity index (χ3n) is 2.74. The molecule has 2 aliphatic heterocycles. The molecule has 146 valence electrons. The summed E-state index contributed by atoms with van der Waals surface area (Å²) in [7, 11) is 4.15. The van der Waals surface area contributed by atoms with E-state index in [1.165, 1.54) is 12.1 Å². The molecular formula is C15H30BCl2K2N6O-. The largest absolute Gasteiger partial charge is 1.00 e. The van der Waals surface area contributed by atoms with Crippen molar-refractivity contribution < 1.29 is 133 Å². The zero-order valence-corrected chi connectivity index (χ0v) is 24.4. The molecule has 0 aromatic rings. The van der Waals surface area contributed by atoms with Gasteiger partial charge in [0.25, 0.3) is 0 Å². The fourth-order valence-electron chi connectivity index (χ4n) is 1.59. The molecule has 12 heteroatoms. The van der Waals surface area contributed by atoms with Crippen molar-refractivity contribution in [3.8, 4) is 12.1 Å². The van der Waals surface area contributed by atoms with Gasteiger partial charge in [0, 0.05) is 52.0 Å². The molecule has 0 fully saturated rings. The molecule has 2 rings (SSSR count). The minimum Gasteiger partial charge on any atom is -1.00 e. The molecule has 2 heterocycles. The van der Waals surface area contributed by atoms with Crippen LogP contribution in [0.15, 0.2) is 24.8 Å². The Hall–Kier alpha value is 1.54. The van der Waals surface area contributed by atoms with Gasteiger partial charge >= 0.3 is 103 Å². The van der Waals surface area contributed by atoms with E-state index in [2.05, 4.69) is 72.3 Å². The Morgan fingerprint density at radius 3 is 1.11 bits per heavy atom. The SMILES string of the molecule is C.CCN1C=CN(C)C1.CCN1C=CN(C)C1.N#CC#N.O.[B-].[Cl-].[Cl-].[K+].[K+]. The number of nitrogens with zero attached hydrogens (tertiary/aromatic N) is 6. The first-order valence-electron chi connectivity index (χ1n) is 6.60. The van der Waals surface area contributed by atoms with Crippen LogP contribution in [0.2, 0.25) is 0 Å². The molecule has 0 saturated heterocycles. The van der Waals surface area contributed by atoms with Crippen LogP contribution in [0.3, 0.4) is 0 Å². The van der Waals surface area contributed by atoms with Crippen LogP contribution in [-0.2, 0) is 0 Å². The number of rotatable bonds is 2. The molecule has 27 heavy (non-hydrogen) atoms. The van der Waals surface area contributed by atoms with Crippen molar-refractivity contribution in [2.75, 3.05) is 40.5 Å². The Balaban J connectivity index is -0.0000000308. The van der Waals surface area contributed by atoms with E-state index in [1.807, 2.05) is 0 Å². The summed E-state index contributed by atoms with van der Waals surface area (Å²) in [5.41, 5.74) is 0. The smallest absolute Gasteiger partial charge is 1.00 e. The molecule has 0 spiro atoms. The number of hydrogen-bond acceptors (Lipinski definition) is 6. The molecule has 0 aromatic heterocycles. The third kappa shape index (κ3) is 29.8. The normalized spacial score (nSPS) is 11.2. The van der Waals surface area contributed by atoms with E-state index in [4.69, 9.17) is 10.5 Å². The van der Waals surface area contributed by atoms with Crippen LogP contribution in [0, 0.1) is 22.7 Å². The quantitative estimate of drug-likeness (QED) is 0.373. The molecular weight excluding hydrogens is 440 g/mol. The van der Waals surface area contributed by atoms with Crippen molar-refractivity contribution in [1.82, 2.24) is 19.6 Å². The van der Waals surface area contributed by atoms with Gasteiger partial charge in [0.15, 0.2) is 12.1 Å². The van der Waals surface area contributed by atoms with Crippen LogP contribution in [0.5, 0.6) is 0 Å². The molecule has 0 amide bonds. The van der Waals surface area contributed by atoms with Crippen molar-refractivity contribution in [2.45, 2.75) is 21.3 Å². The van der Waals surface area contributed by atoms with E-state index < -0.39 is 0 Å². The molecule has 2 aliphatic rings. The van der Waals surface area contributed by atoms with Crippen LogP contribution in [-0.4, -0.2) is 74.0 Å².